The van der Waals surface area contributed by atoms with Crippen LogP contribution in [0.1, 0.15) is 11.4 Å². The summed E-state index contributed by atoms with van der Waals surface area (Å²) in [4.78, 5) is 25.6. The van der Waals surface area contributed by atoms with Crippen molar-refractivity contribution in [3.63, 3.8) is 0 Å². The molecule has 2 heterocycles. The van der Waals surface area contributed by atoms with Crippen molar-refractivity contribution in [2.45, 2.75) is 6.42 Å². The van der Waals surface area contributed by atoms with Gasteiger partial charge in [-0.05, 0) is 6.08 Å². The molecule has 0 spiro atoms. The molecular formula is C8H5NO3S. The van der Waals surface area contributed by atoms with Gasteiger partial charge in [0.2, 0.25) is 0 Å². The Balaban J connectivity index is 2.27. The summed E-state index contributed by atoms with van der Waals surface area (Å²) < 4.78 is 4.35. The highest BCUT2D eigenvalue weighted by Gasteiger charge is 2.26. The van der Waals surface area contributed by atoms with Crippen molar-refractivity contribution in [2.24, 2.45) is 0 Å². The standard InChI is InChI=1S/C8H5NO3S/c10-7-4-5(8(11)12-7)3-6-9-1-2-13-6/h1-3H,4H2/b5-3+. The molecule has 5 heteroatoms. The monoisotopic (exact) mass is 195 g/mol. The zero-order valence-corrected chi connectivity index (χ0v) is 7.34. The number of thiazole rings is 1. The average molecular weight is 195 g/mol. The Kier molecular flexibility index (Phi) is 1.94. The Morgan fingerprint density at radius 1 is 1.54 bits per heavy atom. The number of hydrogen-bond acceptors (Lipinski definition) is 5. The van der Waals surface area contributed by atoms with Gasteiger partial charge in [0.25, 0.3) is 0 Å². The van der Waals surface area contributed by atoms with Crippen LogP contribution in [0.15, 0.2) is 17.2 Å². The third kappa shape index (κ3) is 1.65. The van der Waals surface area contributed by atoms with Gasteiger partial charge < -0.3 is 4.74 Å². The molecule has 0 aromatic carbocycles. The van der Waals surface area contributed by atoms with Gasteiger partial charge in [-0.25, -0.2) is 9.78 Å². The van der Waals surface area contributed by atoms with E-state index in [9.17, 15) is 9.59 Å². The fourth-order valence-corrected chi connectivity index (χ4v) is 1.59. The lowest BCUT2D eigenvalue weighted by Crippen LogP contribution is -1.96. The average Bonchev–Trinajstić information content (AvgIpc) is 2.63. The molecule has 0 saturated carbocycles. The highest BCUT2D eigenvalue weighted by atomic mass is 32.1. The number of nitrogens with zero attached hydrogens (tertiary/aromatic N) is 1. The van der Waals surface area contributed by atoms with Crippen LogP contribution < -0.4 is 0 Å². The summed E-state index contributed by atoms with van der Waals surface area (Å²) in [5, 5.41) is 2.51. The molecule has 2 rings (SSSR count). The van der Waals surface area contributed by atoms with Gasteiger partial charge in [0, 0.05) is 11.6 Å². The third-order valence-electron chi connectivity index (χ3n) is 1.55. The molecule has 13 heavy (non-hydrogen) atoms. The number of hydrogen-bond donors (Lipinski definition) is 0. The molecule has 1 aromatic heterocycles. The van der Waals surface area contributed by atoms with E-state index in [1.165, 1.54) is 11.3 Å². The van der Waals surface area contributed by atoms with Crippen LogP contribution in [0.3, 0.4) is 0 Å². The second-order valence-corrected chi connectivity index (χ2v) is 3.40. The fraction of sp³-hybridized carbons (Fsp3) is 0.125. The van der Waals surface area contributed by atoms with Gasteiger partial charge >= 0.3 is 11.9 Å². The first-order valence-electron chi connectivity index (χ1n) is 3.61. The van der Waals surface area contributed by atoms with E-state index in [0.29, 0.717) is 10.6 Å². The zero-order valence-electron chi connectivity index (χ0n) is 6.52. The first-order chi connectivity index (χ1) is 6.25. The first-order valence-corrected chi connectivity index (χ1v) is 4.49. The van der Waals surface area contributed by atoms with E-state index in [4.69, 9.17) is 0 Å². The number of rotatable bonds is 1. The number of carbonyl (C=O) groups excluding carboxylic acids is 2. The Hall–Kier alpha value is -1.49. The molecular weight excluding hydrogens is 190 g/mol. The molecule has 0 atom stereocenters. The number of carbonyl (C=O) groups is 2. The van der Waals surface area contributed by atoms with E-state index in [1.807, 2.05) is 0 Å². The van der Waals surface area contributed by atoms with Crippen molar-refractivity contribution >= 4 is 29.4 Å². The molecule has 0 unspecified atom stereocenters. The van der Waals surface area contributed by atoms with E-state index >= 15 is 0 Å². The van der Waals surface area contributed by atoms with Gasteiger partial charge in [-0.1, -0.05) is 0 Å². The molecule has 1 aliphatic rings. The van der Waals surface area contributed by atoms with Gasteiger partial charge in [0.1, 0.15) is 5.01 Å². The second kappa shape index (κ2) is 3.10. The molecule has 4 nitrogen and oxygen atoms in total. The van der Waals surface area contributed by atoms with Crippen molar-refractivity contribution in [1.82, 2.24) is 4.98 Å². The minimum atomic E-state index is -0.555. The Morgan fingerprint density at radius 2 is 2.38 bits per heavy atom. The maximum absolute atomic E-state index is 11.0. The molecule has 66 valence electrons. The maximum atomic E-state index is 11.0. The van der Waals surface area contributed by atoms with Crippen molar-refractivity contribution in [3.05, 3.63) is 22.2 Å². The molecule has 1 fully saturated rings. The first kappa shape index (κ1) is 8.12. The van der Waals surface area contributed by atoms with Crippen molar-refractivity contribution in [2.75, 3.05) is 0 Å². The highest BCUT2D eigenvalue weighted by Crippen LogP contribution is 2.19. The summed E-state index contributed by atoms with van der Waals surface area (Å²) in [6.45, 7) is 0. The van der Waals surface area contributed by atoms with Gasteiger partial charge in [-0.15, -0.1) is 11.3 Å². The van der Waals surface area contributed by atoms with Crippen molar-refractivity contribution in [3.8, 4) is 0 Å². The summed E-state index contributed by atoms with van der Waals surface area (Å²) in [6, 6.07) is 0. The smallest absolute Gasteiger partial charge is 0.342 e. The number of cyclic esters (lactones) is 2. The predicted octanol–water partition coefficient (Wildman–Crippen LogP) is 1.00. The topological polar surface area (TPSA) is 56.3 Å². The van der Waals surface area contributed by atoms with Gasteiger partial charge in [-0.2, -0.15) is 0 Å². The van der Waals surface area contributed by atoms with Gasteiger partial charge in [0.15, 0.2) is 0 Å². The fourth-order valence-electron chi connectivity index (χ4n) is 0.997. The van der Waals surface area contributed by atoms with Crippen LogP contribution in [0.4, 0.5) is 0 Å². The van der Waals surface area contributed by atoms with E-state index in [1.54, 1.807) is 17.7 Å². The lowest BCUT2D eigenvalue weighted by Gasteiger charge is -1.86. The summed E-state index contributed by atoms with van der Waals surface area (Å²) in [6.07, 6.45) is 3.27. The Morgan fingerprint density at radius 3 is 2.92 bits per heavy atom. The Bertz CT molecular complexity index is 380. The number of esters is 2. The molecule has 1 aliphatic heterocycles. The largest absolute Gasteiger partial charge is 0.389 e. The van der Waals surface area contributed by atoms with Crippen LogP contribution >= 0.6 is 11.3 Å². The minimum Gasteiger partial charge on any atom is -0.389 e. The minimum absolute atomic E-state index is 0.0540. The van der Waals surface area contributed by atoms with Crippen LogP contribution in [0.2, 0.25) is 0 Å². The summed E-state index contributed by atoms with van der Waals surface area (Å²) in [5.41, 5.74) is 0.375. The lowest BCUT2D eigenvalue weighted by atomic mass is 10.2. The third-order valence-corrected chi connectivity index (χ3v) is 2.28. The number of ether oxygens (including phenoxy) is 1. The van der Waals surface area contributed by atoms with Crippen LogP contribution in [0, 0.1) is 0 Å². The van der Waals surface area contributed by atoms with Gasteiger partial charge in [0.05, 0.1) is 12.0 Å². The summed E-state index contributed by atoms with van der Waals surface area (Å²) >= 11 is 1.41. The van der Waals surface area contributed by atoms with E-state index in [-0.39, 0.29) is 6.42 Å². The van der Waals surface area contributed by atoms with Crippen molar-refractivity contribution < 1.29 is 14.3 Å². The zero-order chi connectivity index (χ0) is 9.26. The molecule has 1 saturated heterocycles. The maximum Gasteiger partial charge on any atom is 0.342 e. The normalized spacial score (nSPS) is 19.5. The SMILES string of the molecule is O=C1C/C(=C\c2nccs2)C(=O)O1. The van der Waals surface area contributed by atoms with Crippen LogP contribution in [0.25, 0.3) is 6.08 Å². The lowest BCUT2D eigenvalue weighted by molar-refractivity contribution is -0.151. The molecule has 0 amide bonds. The molecule has 0 aliphatic carbocycles. The van der Waals surface area contributed by atoms with Crippen LogP contribution in [0.5, 0.6) is 0 Å². The van der Waals surface area contributed by atoms with E-state index < -0.39 is 11.9 Å². The van der Waals surface area contributed by atoms with Gasteiger partial charge in [-0.3, -0.25) is 4.79 Å². The number of aromatic nitrogens is 1. The van der Waals surface area contributed by atoms with E-state index in [0.717, 1.165) is 0 Å². The summed E-state index contributed by atoms with van der Waals surface area (Å²) in [7, 11) is 0. The molecule has 0 N–H and O–H groups in total. The predicted molar refractivity (Wildman–Crippen MR) is 45.8 cm³/mol. The Labute approximate surface area is 77.9 Å². The highest BCUT2D eigenvalue weighted by molar-refractivity contribution is 7.10. The molecule has 0 radical (unpaired) electrons. The summed E-state index contributed by atoms with van der Waals surface area (Å²) in [5.74, 6) is -1.05. The van der Waals surface area contributed by atoms with E-state index in [2.05, 4.69) is 9.72 Å². The second-order valence-electron chi connectivity index (χ2n) is 2.48. The molecule has 1 aromatic rings. The van der Waals surface area contributed by atoms with Crippen LogP contribution in [-0.2, 0) is 14.3 Å². The quantitative estimate of drug-likeness (QED) is 0.381. The molecule has 0 bridgehead atoms. The van der Waals surface area contributed by atoms with Crippen molar-refractivity contribution in [1.29, 1.82) is 0 Å². The van der Waals surface area contributed by atoms with Crippen LogP contribution in [-0.4, -0.2) is 16.9 Å².